The van der Waals surface area contributed by atoms with Gasteiger partial charge >= 0.3 is 5.97 Å². The average Bonchev–Trinajstić information content (AvgIpc) is 3.82. The molecule has 28 heteroatoms. The Kier molecular flexibility index (Phi) is 26.1. The minimum atomic E-state index is -1.67. The molecule has 71 heavy (non-hydrogen) atoms. The summed E-state index contributed by atoms with van der Waals surface area (Å²) >= 11 is 0. The maximum atomic E-state index is 14.1. The molecule has 0 bridgehead atoms. The molecule has 2 heterocycles. The lowest BCUT2D eigenvalue weighted by molar-refractivity contribution is -0.398. The summed E-state index contributed by atoms with van der Waals surface area (Å²) in [6, 6.07) is -12.0. The van der Waals surface area contributed by atoms with Gasteiger partial charge in [-0.3, -0.25) is 52.7 Å². The first-order valence-electron chi connectivity index (χ1n) is 23.1. The van der Waals surface area contributed by atoms with Gasteiger partial charge in [-0.25, -0.2) is 4.98 Å². The highest BCUT2D eigenvalue weighted by Crippen LogP contribution is 2.23. The van der Waals surface area contributed by atoms with E-state index in [2.05, 4.69) is 63.6 Å². The molecule has 0 radical (unpaired) electrons. The zero-order valence-corrected chi connectivity index (χ0v) is 42.6. The molecule has 26 nitrogen and oxygen atoms in total. The molecule has 1 aliphatic rings. The van der Waals surface area contributed by atoms with E-state index >= 15 is 0 Å². The number of imidazole rings is 1. The van der Waals surface area contributed by atoms with Crippen LogP contribution in [0.15, 0.2) is 12.5 Å². The molecular formula is C43H70N13O13S2+. The lowest BCUT2D eigenvalue weighted by Gasteiger charge is -2.31. The molecule has 0 aliphatic carbocycles. The second-order valence-electron chi connectivity index (χ2n) is 17.9. The third-order valence-electron chi connectivity index (χ3n) is 10.9. The number of quaternary nitrogens is 1. The summed E-state index contributed by atoms with van der Waals surface area (Å²) in [7, 11) is 2.01. The van der Waals surface area contributed by atoms with E-state index in [1.165, 1.54) is 19.4 Å². The van der Waals surface area contributed by atoms with Gasteiger partial charge in [-0.05, 0) is 37.5 Å². The first-order valence-corrected chi connectivity index (χ1v) is 25.6. The first-order chi connectivity index (χ1) is 33.4. The number of nitrogens with one attached hydrogen (secondary N) is 10. The Labute approximate surface area is 418 Å². The fourth-order valence-electron chi connectivity index (χ4n) is 6.68. The van der Waals surface area contributed by atoms with E-state index in [0.29, 0.717) is 18.4 Å². The lowest BCUT2D eigenvalue weighted by Crippen LogP contribution is -2.68. The predicted molar refractivity (Wildman–Crippen MR) is 259 cm³/mol. The number of nitrogens with two attached hydrogens (primary N) is 1. The van der Waals surface area contributed by atoms with Crippen LogP contribution in [0, 0.1) is 17.8 Å². The molecule has 1 aliphatic heterocycles. The Morgan fingerprint density at radius 3 is 1.94 bits per heavy atom. The molecule has 0 aromatic carbocycles. The normalized spacial score (nSPS) is 25.4. The summed E-state index contributed by atoms with van der Waals surface area (Å²) in [5, 5.41) is 32.1. The minimum Gasteiger partial charge on any atom is -0.481 e. The molecule has 10 atom stereocenters. The monoisotopic (exact) mass is 1040 g/mol. The number of aromatic nitrogens is 2. The van der Waals surface area contributed by atoms with Crippen molar-refractivity contribution in [3.05, 3.63) is 18.2 Å². The summed E-state index contributed by atoms with van der Waals surface area (Å²) < 4.78 is 0. The van der Waals surface area contributed by atoms with Gasteiger partial charge in [0, 0.05) is 36.2 Å². The molecule has 2 rings (SSSR count). The molecule has 16 N–H and O–H groups in total. The van der Waals surface area contributed by atoms with E-state index in [1.807, 2.05) is 0 Å². The number of carbonyl (C=O) groups excluding carboxylic acids is 11. The van der Waals surface area contributed by atoms with Gasteiger partial charge in [-0.2, -0.15) is 0 Å². The van der Waals surface area contributed by atoms with Crippen molar-refractivity contribution in [2.75, 3.05) is 18.1 Å². The van der Waals surface area contributed by atoms with Crippen LogP contribution in [-0.2, 0) is 64.0 Å². The molecule has 0 spiro atoms. The number of hydrogen-bond donors (Lipinski definition) is 13. The number of rotatable bonds is 15. The molecule has 0 unspecified atom stereocenters. The van der Waals surface area contributed by atoms with Gasteiger partial charge in [-0.15, -0.1) is 0 Å². The van der Waals surface area contributed by atoms with E-state index in [0.717, 1.165) is 21.6 Å². The largest absolute Gasteiger partial charge is 0.481 e. The summed E-state index contributed by atoms with van der Waals surface area (Å²) in [5.41, 5.74) is 9.56. The fraction of sp³-hybridized carbons (Fsp3) is 0.651. The Balaban J connectivity index is 2.68. The number of nitrogens with zero attached hydrogens (tertiary/aromatic N) is 1. The third kappa shape index (κ3) is 21.7. The number of carboxylic acid groups (broad SMARTS) is 1. The minimum absolute atomic E-state index is 0.00319. The van der Waals surface area contributed by atoms with Crippen LogP contribution >= 0.6 is 21.6 Å². The van der Waals surface area contributed by atoms with E-state index in [4.69, 9.17) is 5.73 Å². The zero-order valence-electron chi connectivity index (χ0n) is 40.9. The van der Waals surface area contributed by atoms with Gasteiger partial charge < -0.3 is 74.2 Å². The zero-order chi connectivity index (χ0) is 53.5. The average molecular weight is 1040 g/mol. The van der Waals surface area contributed by atoms with Crippen molar-refractivity contribution in [1.82, 2.24) is 57.8 Å². The fourth-order valence-corrected chi connectivity index (χ4v) is 8.98. The van der Waals surface area contributed by atoms with E-state index in [1.54, 1.807) is 41.5 Å². The first kappa shape index (κ1) is 60.8. The number of aldehydes is 1. The maximum Gasteiger partial charge on any atom is 0.303 e. The standard InChI is InChI=1S/C43H69N13O13S2/c1-8-22(6)35-43(69)55-34(21(4)5)42(68)51-26(9-10-33(60)61)37(63)47-15-32(59)50-28(12-24-14-46-19-48-24)38(64)49-25(16-57)17-70-71-18-30(54-36(62)23(7)44)41(67)53-29(13-31(45)58)39(65)52-27(11-20(2)3)40(66)56-35/h14,16,19-23,25-30,34-35H,8-13,15,17-18,44H2,1-7H3,(H2,45,58)(H,46,48)(H,47,63)(H,49,64)(H,50,59)(H,51,68)(H,52,65)(H,53,67)(H,54,62)(H,55,69)(H,56,66)(H,60,61)/p+1/t22-,23-,25+,26-,27-,28-,29-,30-,34-,35-/m0/s1. The van der Waals surface area contributed by atoms with Crippen molar-refractivity contribution in [2.24, 2.45) is 23.5 Å². The van der Waals surface area contributed by atoms with Crippen LogP contribution in [0.2, 0.25) is 0 Å². The summed E-state index contributed by atoms with van der Waals surface area (Å²) in [5.74, 6) is -11.9. The van der Waals surface area contributed by atoms with Crippen LogP contribution in [0.3, 0.4) is 0 Å². The molecule has 1 saturated heterocycles. The van der Waals surface area contributed by atoms with Crippen LogP contribution in [0.25, 0.3) is 0 Å². The van der Waals surface area contributed by atoms with E-state index < -0.39 is 157 Å². The number of carboxylic acids is 1. The van der Waals surface area contributed by atoms with Gasteiger partial charge in [-0.1, -0.05) is 69.6 Å². The van der Waals surface area contributed by atoms with Crippen LogP contribution in [0.1, 0.15) is 86.3 Å². The molecule has 10 amide bonds. The number of amides is 10. The highest BCUT2D eigenvalue weighted by atomic mass is 33.1. The van der Waals surface area contributed by atoms with Crippen molar-refractivity contribution in [3.8, 4) is 0 Å². The van der Waals surface area contributed by atoms with Crippen LogP contribution in [-0.4, -0.2) is 159 Å². The number of H-pyrrole nitrogens is 1. The van der Waals surface area contributed by atoms with Crippen molar-refractivity contribution in [2.45, 2.75) is 141 Å². The van der Waals surface area contributed by atoms with Crippen molar-refractivity contribution >= 4 is 92.9 Å². The second kappa shape index (κ2) is 30.4. The van der Waals surface area contributed by atoms with Crippen LogP contribution in [0.4, 0.5) is 0 Å². The van der Waals surface area contributed by atoms with Gasteiger partial charge in [0.25, 0.3) is 5.91 Å². The van der Waals surface area contributed by atoms with E-state index in [9.17, 15) is 62.6 Å². The predicted octanol–water partition coefficient (Wildman–Crippen LogP) is -4.34. The Hall–Kier alpha value is -6.29. The maximum absolute atomic E-state index is 14.1. The SMILES string of the molecule is CC[C@H](C)[C@@H]1NC(=O)[C@H](CC(C)C)NC(=O)[C@H](CC(N)=O)NC(=O)[C@@H](NC(=O)[C@H](C)[NH3+])CSSC[C@@H](C=O)NC(=O)[C@H](Cc2cnc[nH]2)NC(=O)CNC(=O)[C@H](CCC(=O)O)NC(=O)[C@H](C(C)C)NC1=O. The topological polar surface area (TPSA) is 416 Å². The van der Waals surface area contributed by atoms with Gasteiger partial charge in [0.15, 0.2) is 6.04 Å². The summed E-state index contributed by atoms with van der Waals surface area (Å²) in [6.07, 6.45) is 1.57. The number of carbonyl (C=O) groups is 12. The second-order valence-corrected chi connectivity index (χ2v) is 20.5. The molecule has 1 fully saturated rings. The van der Waals surface area contributed by atoms with Gasteiger partial charge in [0.1, 0.15) is 48.6 Å². The van der Waals surface area contributed by atoms with Crippen molar-refractivity contribution < 1.29 is 68.4 Å². The number of primary amides is 1. The third-order valence-corrected chi connectivity index (χ3v) is 13.3. The van der Waals surface area contributed by atoms with Crippen molar-refractivity contribution in [3.63, 3.8) is 0 Å². The Morgan fingerprint density at radius 1 is 0.789 bits per heavy atom. The van der Waals surface area contributed by atoms with Crippen molar-refractivity contribution in [1.29, 1.82) is 0 Å². The smallest absolute Gasteiger partial charge is 0.303 e. The molecule has 1 aromatic heterocycles. The molecule has 0 saturated carbocycles. The highest BCUT2D eigenvalue weighted by Gasteiger charge is 2.37. The Bertz CT molecular complexity index is 2040. The molecule has 396 valence electrons. The van der Waals surface area contributed by atoms with E-state index in [-0.39, 0.29) is 30.3 Å². The Morgan fingerprint density at radius 2 is 1.38 bits per heavy atom. The summed E-state index contributed by atoms with van der Waals surface area (Å²) in [4.78, 5) is 166. The molecular weight excluding hydrogens is 971 g/mol. The number of aromatic amines is 1. The lowest BCUT2D eigenvalue weighted by atomic mass is 9.95. The number of hydrogen-bond acceptors (Lipinski definition) is 15. The number of aliphatic carboxylic acids is 1. The van der Waals surface area contributed by atoms with Gasteiger partial charge in [0.05, 0.1) is 25.3 Å². The highest BCUT2D eigenvalue weighted by molar-refractivity contribution is 8.76. The van der Waals surface area contributed by atoms with Crippen LogP contribution in [0.5, 0.6) is 0 Å². The van der Waals surface area contributed by atoms with Crippen LogP contribution < -0.4 is 59.3 Å². The van der Waals surface area contributed by atoms with Gasteiger partial charge in [0.2, 0.25) is 53.2 Å². The quantitative estimate of drug-likeness (QED) is 0.0583. The molecule has 1 aromatic rings. The summed E-state index contributed by atoms with van der Waals surface area (Å²) in [6.45, 7) is 10.8.